The van der Waals surface area contributed by atoms with Gasteiger partial charge in [-0.3, -0.25) is 4.99 Å². The monoisotopic (exact) mass is 278 g/mol. The van der Waals surface area contributed by atoms with Crippen molar-refractivity contribution in [3.63, 3.8) is 0 Å². The Morgan fingerprint density at radius 1 is 1.40 bits per heavy atom. The fraction of sp³-hybridized carbons (Fsp3) is 0.824. The quantitative estimate of drug-likeness (QED) is 0.349. The molecule has 0 aliphatic heterocycles. The maximum atomic E-state index is 10.9. The smallest absolute Gasteiger partial charge is 0.122 e. The zero-order valence-corrected chi connectivity index (χ0v) is 13.2. The topological polar surface area (TPSA) is 41.8 Å². The molecule has 1 fully saturated rings. The van der Waals surface area contributed by atoms with Crippen LogP contribution < -0.4 is 0 Å². The second-order valence-electron chi connectivity index (χ2n) is 6.22. The van der Waals surface area contributed by atoms with E-state index < -0.39 is 0 Å². The summed E-state index contributed by atoms with van der Waals surface area (Å²) in [7, 11) is 0. The van der Waals surface area contributed by atoms with Gasteiger partial charge in [-0.15, -0.1) is 0 Å². The first-order valence-corrected chi connectivity index (χ1v) is 8.13. The van der Waals surface area contributed by atoms with Crippen LogP contribution in [0.3, 0.4) is 0 Å². The third kappa shape index (κ3) is 5.18. The second kappa shape index (κ2) is 9.04. The predicted molar refractivity (Wildman–Crippen MR) is 86.7 cm³/mol. The van der Waals surface area contributed by atoms with Crippen molar-refractivity contribution in [1.29, 1.82) is 0 Å². The lowest BCUT2D eigenvalue weighted by atomic mass is 9.78. The van der Waals surface area contributed by atoms with Crippen LogP contribution in [0.1, 0.15) is 71.6 Å². The van der Waals surface area contributed by atoms with Crippen LogP contribution in [0.25, 0.3) is 0 Å². The molecule has 0 aromatic carbocycles. The molecule has 0 aromatic rings. The molecule has 0 spiro atoms. The molecule has 0 saturated heterocycles. The van der Waals surface area contributed by atoms with Gasteiger partial charge in [0.25, 0.3) is 0 Å². The second-order valence-corrected chi connectivity index (χ2v) is 6.22. The van der Waals surface area contributed by atoms with E-state index in [2.05, 4.69) is 30.5 Å². The van der Waals surface area contributed by atoms with E-state index >= 15 is 0 Å². The van der Waals surface area contributed by atoms with Crippen LogP contribution in [-0.2, 0) is 4.79 Å². The first-order chi connectivity index (χ1) is 9.69. The van der Waals surface area contributed by atoms with Crippen LogP contribution in [-0.4, -0.2) is 25.4 Å². The van der Waals surface area contributed by atoms with Crippen molar-refractivity contribution in [1.82, 2.24) is 0 Å². The van der Waals surface area contributed by atoms with Crippen LogP contribution in [0.15, 0.2) is 9.98 Å². The van der Waals surface area contributed by atoms with Crippen LogP contribution in [0.2, 0.25) is 0 Å². The first-order valence-electron chi connectivity index (χ1n) is 8.13. The number of aliphatic imine (C=N–C) groups is 2. The van der Waals surface area contributed by atoms with Crippen molar-refractivity contribution in [3.8, 4) is 0 Å². The van der Waals surface area contributed by atoms with Gasteiger partial charge in [0, 0.05) is 19.4 Å². The molecule has 0 N–H and O–H groups in total. The van der Waals surface area contributed by atoms with Crippen LogP contribution in [0, 0.1) is 11.3 Å². The Bertz CT molecular complexity index is 338. The molecule has 2 atom stereocenters. The van der Waals surface area contributed by atoms with Gasteiger partial charge in [0.15, 0.2) is 0 Å². The summed E-state index contributed by atoms with van der Waals surface area (Å²) >= 11 is 0. The molecular weight excluding hydrogens is 248 g/mol. The van der Waals surface area contributed by atoms with E-state index in [1.807, 2.05) is 0 Å². The number of carbonyl (C=O) groups is 1. The minimum absolute atomic E-state index is 0.299. The van der Waals surface area contributed by atoms with Crippen LogP contribution in [0.5, 0.6) is 0 Å². The molecule has 0 bridgehead atoms. The SMILES string of the molecule is C=NC(CCC)=NCCC1CCC(CC=O)(CCC)C1. The summed E-state index contributed by atoms with van der Waals surface area (Å²) in [6.07, 6.45) is 11.1. The molecule has 3 nitrogen and oxygen atoms in total. The molecular formula is C17H30N2O. The average Bonchev–Trinajstić information content (AvgIpc) is 2.82. The number of rotatable bonds is 9. The van der Waals surface area contributed by atoms with E-state index in [1.165, 1.54) is 32.1 Å². The molecule has 0 aromatic heterocycles. The Labute approximate surface area is 124 Å². The minimum Gasteiger partial charge on any atom is -0.303 e. The molecule has 1 rings (SSSR count). The highest BCUT2D eigenvalue weighted by molar-refractivity contribution is 5.86. The predicted octanol–water partition coefficient (Wildman–Crippen LogP) is 4.45. The Balaban J connectivity index is 2.43. The third-order valence-corrected chi connectivity index (χ3v) is 4.59. The fourth-order valence-corrected chi connectivity index (χ4v) is 3.60. The van der Waals surface area contributed by atoms with Crippen LogP contribution >= 0.6 is 0 Å². The highest BCUT2D eigenvalue weighted by atomic mass is 16.1. The maximum absolute atomic E-state index is 10.9. The summed E-state index contributed by atoms with van der Waals surface area (Å²) in [6, 6.07) is 0. The van der Waals surface area contributed by atoms with Gasteiger partial charge in [-0.2, -0.15) is 0 Å². The lowest BCUT2D eigenvalue weighted by Gasteiger charge is -2.26. The van der Waals surface area contributed by atoms with Gasteiger partial charge in [0.05, 0.1) is 0 Å². The van der Waals surface area contributed by atoms with Gasteiger partial charge in [0.1, 0.15) is 12.1 Å². The molecule has 20 heavy (non-hydrogen) atoms. The molecule has 0 radical (unpaired) electrons. The molecule has 1 saturated carbocycles. The standard InChI is InChI=1S/C17H30N2O/c1-4-6-16(18-3)19-12-8-15-7-10-17(14-15,9-5-2)11-13-20/h13,15H,3-12,14H2,1-2H3. The van der Waals surface area contributed by atoms with E-state index in [0.717, 1.165) is 50.3 Å². The van der Waals surface area contributed by atoms with Gasteiger partial charge in [-0.25, -0.2) is 4.99 Å². The highest BCUT2D eigenvalue weighted by Gasteiger charge is 2.37. The molecule has 3 heteroatoms. The fourth-order valence-electron chi connectivity index (χ4n) is 3.60. The van der Waals surface area contributed by atoms with Gasteiger partial charge >= 0.3 is 0 Å². The summed E-state index contributed by atoms with van der Waals surface area (Å²) < 4.78 is 0. The Morgan fingerprint density at radius 3 is 2.80 bits per heavy atom. The van der Waals surface area contributed by atoms with E-state index in [1.54, 1.807) is 0 Å². The zero-order valence-electron chi connectivity index (χ0n) is 13.2. The summed E-state index contributed by atoms with van der Waals surface area (Å²) in [6.45, 7) is 8.80. The molecule has 0 amide bonds. The molecule has 2 unspecified atom stereocenters. The zero-order chi connectivity index (χ0) is 14.8. The number of hydrogen-bond acceptors (Lipinski definition) is 2. The van der Waals surface area contributed by atoms with Crippen molar-refractivity contribution >= 4 is 18.8 Å². The number of carbonyl (C=O) groups excluding carboxylic acids is 1. The normalized spacial score (nSPS) is 26.7. The summed E-state index contributed by atoms with van der Waals surface area (Å²) in [5.41, 5.74) is 0.299. The maximum Gasteiger partial charge on any atom is 0.122 e. The van der Waals surface area contributed by atoms with Crippen molar-refractivity contribution in [2.75, 3.05) is 6.54 Å². The van der Waals surface area contributed by atoms with E-state index in [4.69, 9.17) is 0 Å². The van der Waals surface area contributed by atoms with Gasteiger partial charge in [0.2, 0.25) is 0 Å². The van der Waals surface area contributed by atoms with Crippen molar-refractivity contribution in [3.05, 3.63) is 0 Å². The van der Waals surface area contributed by atoms with Crippen molar-refractivity contribution < 1.29 is 4.79 Å². The van der Waals surface area contributed by atoms with Gasteiger partial charge < -0.3 is 4.79 Å². The molecule has 114 valence electrons. The Morgan fingerprint density at radius 2 is 2.20 bits per heavy atom. The van der Waals surface area contributed by atoms with Gasteiger partial charge in [-0.05, 0) is 56.6 Å². The van der Waals surface area contributed by atoms with E-state index in [-0.39, 0.29) is 0 Å². The highest BCUT2D eigenvalue weighted by Crippen LogP contribution is 2.48. The van der Waals surface area contributed by atoms with E-state index in [0.29, 0.717) is 5.41 Å². The number of nitrogens with zero attached hydrogens (tertiary/aromatic N) is 2. The lowest BCUT2D eigenvalue weighted by Crippen LogP contribution is -2.17. The largest absolute Gasteiger partial charge is 0.303 e. The van der Waals surface area contributed by atoms with E-state index in [9.17, 15) is 4.79 Å². The summed E-state index contributed by atoms with van der Waals surface area (Å²) in [5, 5.41) is 0. The summed E-state index contributed by atoms with van der Waals surface area (Å²) in [5.74, 6) is 1.64. The lowest BCUT2D eigenvalue weighted by molar-refractivity contribution is -0.110. The average molecular weight is 278 g/mol. The Kier molecular flexibility index (Phi) is 7.71. The molecule has 1 aliphatic rings. The van der Waals surface area contributed by atoms with Gasteiger partial charge in [-0.1, -0.05) is 20.3 Å². The number of aldehydes is 1. The molecule has 0 heterocycles. The van der Waals surface area contributed by atoms with Crippen LogP contribution in [0.4, 0.5) is 0 Å². The number of hydrogen-bond donors (Lipinski definition) is 0. The third-order valence-electron chi connectivity index (χ3n) is 4.59. The Hall–Kier alpha value is -0.990. The number of amidine groups is 1. The van der Waals surface area contributed by atoms with Crippen molar-refractivity contribution in [2.24, 2.45) is 21.3 Å². The first kappa shape index (κ1) is 17.1. The van der Waals surface area contributed by atoms with Crippen molar-refractivity contribution in [2.45, 2.75) is 71.6 Å². The minimum atomic E-state index is 0.299. The summed E-state index contributed by atoms with van der Waals surface area (Å²) in [4.78, 5) is 19.5. The molecule has 1 aliphatic carbocycles.